The van der Waals surface area contributed by atoms with Gasteiger partial charge in [-0.2, -0.15) is 15.2 Å². The van der Waals surface area contributed by atoms with Crippen molar-refractivity contribution >= 4 is 11.9 Å². The molecule has 2 aromatic carbocycles. The molecular formula is C37H44N6O4. The van der Waals surface area contributed by atoms with E-state index < -0.39 is 11.7 Å². The van der Waals surface area contributed by atoms with E-state index in [-0.39, 0.29) is 19.1 Å². The summed E-state index contributed by atoms with van der Waals surface area (Å²) in [7, 11) is 2.13. The van der Waals surface area contributed by atoms with Crippen molar-refractivity contribution in [3.8, 4) is 18.0 Å². The van der Waals surface area contributed by atoms with E-state index >= 15 is 0 Å². The number of carbonyl (C=O) groups is 1. The average molecular weight is 637 g/mol. The van der Waals surface area contributed by atoms with Gasteiger partial charge in [0.2, 0.25) is 5.88 Å². The Morgan fingerprint density at radius 1 is 1.04 bits per heavy atom. The van der Waals surface area contributed by atoms with Crippen LogP contribution in [0.2, 0.25) is 0 Å². The van der Waals surface area contributed by atoms with Gasteiger partial charge in [0, 0.05) is 31.2 Å². The number of aromatic nitrogens is 2. The molecular weight excluding hydrogens is 592 g/mol. The Morgan fingerprint density at radius 3 is 2.72 bits per heavy atom. The van der Waals surface area contributed by atoms with Crippen LogP contribution in [0.4, 0.5) is 10.6 Å². The summed E-state index contributed by atoms with van der Waals surface area (Å²) in [6.45, 7) is 5.37. The summed E-state index contributed by atoms with van der Waals surface area (Å²) < 4.78 is 19.0. The predicted octanol–water partition coefficient (Wildman–Crippen LogP) is 5.56. The molecule has 3 aromatic rings. The summed E-state index contributed by atoms with van der Waals surface area (Å²) in [6, 6.07) is 18.8. The highest BCUT2D eigenvalue weighted by Gasteiger charge is 2.45. The Kier molecular flexibility index (Phi) is 8.91. The molecule has 246 valence electrons. The number of amides is 1. The van der Waals surface area contributed by atoms with E-state index in [0.29, 0.717) is 44.2 Å². The Hall–Kier alpha value is -4.36. The summed E-state index contributed by atoms with van der Waals surface area (Å²) in [5.74, 6) is 1.37. The minimum atomic E-state index is -0.426. The van der Waals surface area contributed by atoms with E-state index in [1.165, 1.54) is 16.7 Å². The van der Waals surface area contributed by atoms with Gasteiger partial charge in [-0.25, -0.2) is 4.79 Å². The second-order valence-electron chi connectivity index (χ2n) is 13.5. The first-order chi connectivity index (χ1) is 22.9. The lowest BCUT2D eigenvalue weighted by atomic mass is 9.73. The Labute approximate surface area is 277 Å². The molecule has 2 fully saturated rings. The van der Waals surface area contributed by atoms with Crippen LogP contribution in [0.1, 0.15) is 66.3 Å². The molecule has 10 nitrogen and oxygen atoms in total. The molecule has 3 aliphatic heterocycles. The van der Waals surface area contributed by atoms with E-state index in [1.807, 2.05) is 30.3 Å². The van der Waals surface area contributed by atoms with Crippen molar-refractivity contribution < 1.29 is 19.0 Å². The highest BCUT2D eigenvalue weighted by atomic mass is 16.6. The number of benzene rings is 2. The van der Waals surface area contributed by atoms with Crippen molar-refractivity contribution in [2.24, 2.45) is 0 Å². The minimum Gasteiger partial charge on any atom is -0.466 e. The third-order valence-corrected chi connectivity index (χ3v) is 10.5. The maximum absolute atomic E-state index is 13.2. The maximum atomic E-state index is 13.2. The first kappa shape index (κ1) is 31.3. The molecule has 1 aliphatic carbocycles. The normalized spacial score (nSPS) is 23.9. The number of nitriles is 1. The van der Waals surface area contributed by atoms with Crippen LogP contribution < -0.4 is 14.4 Å². The number of carbonyl (C=O) groups excluding carboxylic acids is 1. The third-order valence-electron chi connectivity index (χ3n) is 10.5. The third kappa shape index (κ3) is 6.33. The topological polar surface area (TPSA) is 104 Å². The summed E-state index contributed by atoms with van der Waals surface area (Å²) in [4.78, 5) is 29.4. The number of anilines is 1. The number of hydrogen-bond donors (Lipinski definition) is 0. The van der Waals surface area contributed by atoms with Crippen LogP contribution in [0.15, 0.2) is 48.5 Å². The van der Waals surface area contributed by atoms with Gasteiger partial charge in [0.05, 0.1) is 24.1 Å². The van der Waals surface area contributed by atoms with Crippen molar-refractivity contribution in [1.82, 2.24) is 19.8 Å². The zero-order chi connectivity index (χ0) is 32.4. The van der Waals surface area contributed by atoms with Crippen molar-refractivity contribution in [3.05, 3.63) is 76.3 Å². The molecule has 4 heterocycles. The zero-order valence-corrected chi connectivity index (χ0v) is 27.5. The first-order valence-corrected chi connectivity index (χ1v) is 17.1. The summed E-state index contributed by atoms with van der Waals surface area (Å²) in [6.07, 6.45) is 6.72. The lowest BCUT2D eigenvalue weighted by molar-refractivity contribution is 0.0183. The summed E-state index contributed by atoms with van der Waals surface area (Å²) in [5, 5.41) is 9.74. The second-order valence-corrected chi connectivity index (χ2v) is 13.5. The van der Waals surface area contributed by atoms with Gasteiger partial charge in [0.25, 0.3) is 0 Å². The van der Waals surface area contributed by atoms with Crippen molar-refractivity contribution in [2.45, 2.75) is 82.6 Å². The molecule has 1 amide bonds. The Bertz CT molecular complexity index is 1640. The largest absolute Gasteiger partial charge is 0.466 e. The Balaban J connectivity index is 1.17. The van der Waals surface area contributed by atoms with Gasteiger partial charge >= 0.3 is 12.1 Å². The molecule has 2 saturated heterocycles. The van der Waals surface area contributed by atoms with Gasteiger partial charge < -0.3 is 28.9 Å². The van der Waals surface area contributed by atoms with Crippen molar-refractivity contribution in [1.29, 1.82) is 5.26 Å². The van der Waals surface area contributed by atoms with E-state index in [9.17, 15) is 10.1 Å². The molecule has 0 saturated carbocycles. The highest BCUT2D eigenvalue weighted by Crippen LogP contribution is 2.49. The van der Waals surface area contributed by atoms with Gasteiger partial charge in [-0.15, -0.1) is 0 Å². The SMILES string of the molecule is Cc1cccc2c1C1(CCC2)CCc2c(nc(OC[C@@H]3CCCN3C)nc2N2CCN(C(=O)OCc3ccccc3)[C@@H](CC#N)C2)O1. The first-order valence-electron chi connectivity index (χ1n) is 17.1. The van der Waals surface area contributed by atoms with Gasteiger partial charge in [0.1, 0.15) is 24.6 Å². The quantitative estimate of drug-likeness (QED) is 0.330. The molecule has 1 spiro atoms. The number of piperazine rings is 1. The number of likely N-dealkylation sites (N-methyl/N-ethyl adjacent to an activating group) is 1. The minimum absolute atomic E-state index is 0.192. The number of hydrogen-bond acceptors (Lipinski definition) is 9. The van der Waals surface area contributed by atoms with Crippen LogP contribution in [-0.4, -0.2) is 77.8 Å². The van der Waals surface area contributed by atoms with Gasteiger partial charge in [-0.1, -0.05) is 48.5 Å². The molecule has 0 N–H and O–H groups in total. The number of likely N-dealkylation sites (tertiary alicyclic amines) is 1. The van der Waals surface area contributed by atoms with Gasteiger partial charge in [-0.3, -0.25) is 0 Å². The number of aryl methyl sites for hydroxylation is 2. The lowest BCUT2D eigenvalue weighted by Crippen LogP contribution is -2.55. The van der Waals surface area contributed by atoms with Crippen LogP contribution in [0.5, 0.6) is 11.9 Å². The molecule has 0 bridgehead atoms. The average Bonchev–Trinajstić information content (AvgIpc) is 3.50. The Morgan fingerprint density at radius 2 is 1.91 bits per heavy atom. The zero-order valence-electron chi connectivity index (χ0n) is 27.5. The number of ether oxygens (including phenoxy) is 3. The van der Waals surface area contributed by atoms with E-state index in [1.54, 1.807) is 4.90 Å². The standard InChI is InChI=1S/C37H44N6O4/c1-26-9-6-12-28-13-7-17-37(32(26)28)18-15-31-33(39-35(40-34(31)47-37)45-25-30-14-8-20-41(30)2)42-21-22-43(29(23-42)16-19-38)36(44)46-24-27-10-4-3-5-11-27/h3-6,9-12,29-30H,7-8,13-18,20-25H2,1-2H3/t29-,30-,37?/m0/s1. The lowest BCUT2D eigenvalue weighted by Gasteiger charge is -2.45. The highest BCUT2D eigenvalue weighted by molar-refractivity contribution is 5.69. The fraction of sp³-hybridized carbons (Fsp3) is 0.514. The van der Waals surface area contributed by atoms with Crippen LogP contribution in [0.25, 0.3) is 0 Å². The molecule has 0 radical (unpaired) electrons. The molecule has 1 unspecified atom stereocenters. The van der Waals surface area contributed by atoms with Crippen LogP contribution in [-0.2, 0) is 29.8 Å². The van der Waals surface area contributed by atoms with Crippen LogP contribution in [0, 0.1) is 18.3 Å². The van der Waals surface area contributed by atoms with Crippen molar-refractivity contribution in [3.63, 3.8) is 0 Å². The number of rotatable bonds is 7. The smallest absolute Gasteiger partial charge is 0.410 e. The maximum Gasteiger partial charge on any atom is 0.410 e. The van der Waals surface area contributed by atoms with Crippen molar-refractivity contribution in [2.75, 3.05) is 44.7 Å². The van der Waals surface area contributed by atoms with Gasteiger partial charge in [-0.05, 0) is 82.2 Å². The predicted molar refractivity (Wildman–Crippen MR) is 177 cm³/mol. The number of nitrogens with zero attached hydrogens (tertiary/aromatic N) is 6. The van der Waals surface area contributed by atoms with E-state index in [2.05, 4.69) is 48.0 Å². The molecule has 10 heteroatoms. The second kappa shape index (κ2) is 13.4. The molecule has 4 aliphatic rings. The van der Waals surface area contributed by atoms with E-state index in [4.69, 9.17) is 24.2 Å². The molecule has 7 rings (SSSR count). The molecule has 47 heavy (non-hydrogen) atoms. The fourth-order valence-corrected chi connectivity index (χ4v) is 7.99. The molecule has 1 aromatic heterocycles. The monoisotopic (exact) mass is 636 g/mol. The fourth-order valence-electron chi connectivity index (χ4n) is 7.99. The van der Waals surface area contributed by atoms with Gasteiger partial charge in [0.15, 0.2) is 0 Å². The molecule has 3 atom stereocenters. The summed E-state index contributed by atoms with van der Waals surface area (Å²) >= 11 is 0. The van der Waals surface area contributed by atoms with E-state index in [0.717, 1.165) is 68.4 Å². The van der Waals surface area contributed by atoms with Crippen LogP contribution in [0.3, 0.4) is 0 Å². The van der Waals surface area contributed by atoms with Crippen LogP contribution >= 0.6 is 0 Å². The summed E-state index contributed by atoms with van der Waals surface area (Å²) in [5.41, 5.74) is 5.40. The number of fused-ring (bicyclic) bond motifs is 3.